The fourth-order valence-electron chi connectivity index (χ4n) is 1.07. The van der Waals surface area contributed by atoms with E-state index in [9.17, 15) is 5.11 Å². The molecule has 15 heavy (non-hydrogen) atoms. The van der Waals surface area contributed by atoms with E-state index in [1.165, 1.54) is 12.8 Å². The van der Waals surface area contributed by atoms with Crippen LogP contribution in [0, 0.1) is 5.92 Å². The van der Waals surface area contributed by atoms with Gasteiger partial charge in [-0.2, -0.15) is 5.48 Å². The fourth-order valence-corrected chi connectivity index (χ4v) is 1.07. The van der Waals surface area contributed by atoms with Crippen LogP contribution in [0.25, 0.3) is 0 Å². The lowest BCUT2D eigenvalue weighted by Crippen LogP contribution is -2.36. The lowest BCUT2D eigenvalue weighted by atomic mass is 10.2. The molecule has 1 rings (SSSR count). The first-order chi connectivity index (χ1) is 6.97. The number of aliphatic hydroxyl groups is 1. The molecule has 1 saturated carbocycles. The molecule has 1 aliphatic carbocycles. The third-order valence-corrected chi connectivity index (χ3v) is 2.06. The average Bonchev–Trinajstić information content (AvgIpc) is 2.85. The minimum atomic E-state index is -0.494. The Morgan fingerprint density at radius 1 is 1.40 bits per heavy atom. The summed E-state index contributed by atoms with van der Waals surface area (Å²) < 4.78 is 5.36. The molecule has 0 heterocycles. The predicted octanol–water partition coefficient (Wildman–Crippen LogP) is 1.09. The molecule has 0 radical (unpaired) electrons. The van der Waals surface area contributed by atoms with Gasteiger partial charge in [-0.1, -0.05) is 0 Å². The second-order valence-corrected chi connectivity index (χ2v) is 5.20. The van der Waals surface area contributed by atoms with Crippen LogP contribution in [0.1, 0.15) is 33.6 Å². The van der Waals surface area contributed by atoms with Gasteiger partial charge in [-0.3, -0.25) is 4.84 Å². The molecule has 0 spiro atoms. The maximum absolute atomic E-state index is 9.51. The van der Waals surface area contributed by atoms with E-state index >= 15 is 0 Å². The standard InChI is InChI=1S/C11H23NO3/c1-11(2,3)15-12-6-10(13)8-14-7-9-4-5-9/h9-10,12-13H,4-8H2,1-3H3. The summed E-state index contributed by atoms with van der Waals surface area (Å²) in [5, 5.41) is 9.51. The molecule has 4 heteroatoms. The van der Waals surface area contributed by atoms with Gasteiger partial charge in [0.25, 0.3) is 0 Å². The zero-order valence-corrected chi connectivity index (χ0v) is 9.95. The van der Waals surface area contributed by atoms with Crippen molar-refractivity contribution in [2.45, 2.75) is 45.3 Å². The Labute approximate surface area is 91.9 Å². The minimum Gasteiger partial charge on any atom is -0.389 e. The second kappa shape index (κ2) is 5.80. The Balaban J connectivity index is 1.90. The van der Waals surface area contributed by atoms with Gasteiger partial charge in [0.1, 0.15) is 0 Å². The number of hydrogen-bond acceptors (Lipinski definition) is 4. The first kappa shape index (κ1) is 12.9. The van der Waals surface area contributed by atoms with E-state index in [4.69, 9.17) is 9.57 Å². The van der Waals surface area contributed by atoms with E-state index in [0.29, 0.717) is 13.2 Å². The van der Waals surface area contributed by atoms with Crippen LogP contribution in [0.15, 0.2) is 0 Å². The molecule has 0 aromatic carbocycles. The maximum Gasteiger partial charge on any atom is 0.0920 e. The fraction of sp³-hybridized carbons (Fsp3) is 1.00. The van der Waals surface area contributed by atoms with Crippen LogP contribution >= 0.6 is 0 Å². The summed E-state index contributed by atoms with van der Waals surface area (Å²) in [4.78, 5) is 5.27. The molecular weight excluding hydrogens is 194 g/mol. The highest BCUT2D eigenvalue weighted by Crippen LogP contribution is 2.28. The van der Waals surface area contributed by atoms with Gasteiger partial charge in [0.15, 0.2) is 0 Å². The van der Waals surface area contributed by atoms with Crippen molar-refractivity contribution in [3.8, 4) is 0 Å². The van der Waals surface area contributed by atoms with Crippen LogP contribution < -0.4 is 5.48 Å². The largest absolute Gasteiger partial charge is 0.389 e. The summed E-state index contributed by atoms with van der Waals surface area (Å²) in [6.45, 7) is 7.44. The molecule has 0 bridgehead atoms. The first-order valence-corrected chi connectivity index (χ1v) is 5.64. The maximum atomic E-state index is 9.51. The zero-order chi connectivity index (χ0) is 11.3. The minimum absolute atomic E-state index is 0.228. The molecule has 1 fully saturated rings. The smallest absolute Gasteiger partial charge is 0.0920 e. The summed E-state index contributed by atoms with van der Waals surface area (Å²) >= 11 is 0. The van der Waals surface area contributed by atoms with Crippen molar-refractivity contribution in [2.75, 3.05) is 19.8 Å². The number of rotatable bonds is 7. The molecule has 0 aromatic heterocycles. The Kier molecular flexibility index (Phi) is 4.99. The Morgan fingerprint density at radius 3 is 2.60 bits per heavy atom. The van der Waals surface area contributed by atoms with Gasteiger partial charge in [-0.05, 0) is 39.5 Å². The van der Waals surface area contributed by atoms with E-state index in [0.717, 1.165) is 12.5 Å². The van der Waals surface area contributed by atoms with Crippen LogP contribution in [-0.4, -0.2) is 36.6 Å². The lowest BCUT2D eigenvalue weighted by Gasteiger charge is -2.20. The van der Waals surface area contributed by atoms with Gasteiger partial charge in [0, 0.05) is 13.2 Å². The van der Waals surface area contributed by atoms with Crippen molar-refractivity contribution in [3.63, 3.8) is 0 Å². The van der Waals surface area contributed by atoms with Crippen molar-refractivity contribution < 1.29 is 14.7 Å². The highest BCUT2D eigenvalue weighted by molar-refractivity contribution is 4.72. The van der Waals surface area contributed by atoms with Crippen LogP contribution in [0.3, 0.4) is 0 Å². The van der Waals surface area contributed by atoms with E-state index in [1.54, 1.807) is 0 Å². The number of aliphatic hydroxyl groups excluding tert-OH is 1. The molecule has 2 N–H and O–H groups in total. The third kappa shape index (κ3) is 7.73. The molecule has 0 amide bonds. The predicted molar refractivity (Wildman–Crippen MR) is 58.4 cm³/mol. The molecular formula is C11H23NO3. The second-order valence-electron chi connectivity index (χ2n) is 5.20. The first-order valence-electron chi connectivity index (χ1n) is 5.64. The molecule has 0 aliphatic heterocycles. The summed E-state index contributed by atoms with van der Waals surface area (Å²) in [6.07, 6.45) is 2.06. The molecule has 0 aromatic rings. The van der Waals surface area contributed by atoms with Crippen molar-refractivity contribution in [1.82, 2.24) is 5.48 Å². The quantitative estimate of drug-likeness (QED) is 0.627. The number of nitrogens with one attached hydrogen (secondary N) is 1. The Bertz CT molecular complexity index is 175. The third-order valence-electron chi connectivity index (χ3n) is 2.06. The summed E-state index contributed by atoms with van der Waals surface area (Å²) in [5.41, 5.74) is 2.52. The van der Waals surface area contributed by atoms with E-state index in [-0.39, 0.29) is 5.60 Å². The highest BCUT2D eigenvalue weighted by atomic mass is 16.7. The van der Waals surface area contributed by atoms with E-state index in [2.05, 4.69) is 5.48 Å². The van der Waals surface area contributed by atoms with Gasteiger partial charge in [-0.15, -0.1) is 0 Å². The monoisotopic (exact) mass is 217 g/mol. The average molecular weight is 217 g/mol. The molecule has 90 valence electrons. The summed E-state index contributed by atoms with van der Waals surface area (Å²) in [7, 11) is 0. The summed E-state index contributed by atoms with van der Waals surface area (Å²) in [5.74, 6) is 0.746. The van der Waals surface area contributed by atoms with E-state index < -0.39 is 6.10 Å². The zero-order valence-electron chi connectivity index (χ0n) is 9.95. The van der Waals surface area contributed by atoms with Gasteiger partial charge >= 0.3 is 0 Å². The van der Waals surface area contributed by atoms with Gasteiger partial charge in [0.2, 0.25) is 0 Å². The molecule has 4 nitrogen and oxygen atoms in total. The Hall–Kier alpha value is -0.160. The van der Waals surface area contributed by atoms with Crippen LogP contribution in [0.5, 0.6) is 0 Å². The molecule has 0 saturated heterocycles. The highest BCUT2D eigenvalue weighted by Gasteiger charge is 2.21. The SMILES string of the molecule is CC(C)(C)ONCC(O)COCC1CC1. The van der Waals surface area contributed by atoms with Crippen molar-refractivity contribution in [3.05, 3.63) is 0 Å². The van der Waals surface area contributed by atoms with Gasteiger partial charge in [-0.25, -0.2) is 0 Å². The lowest BCUT2D eigenvalue weighted by molar-refractivity contribution is -0.0895. The molecule has 1 unspecified atom stereocenters. The summed E-state index contributed by atoms with van der Waals surface area (Å²) in [6, 6.07) is 0. The Morgan fingerprint density at radius 2 is 2.07 bits per heavy atom. The van der Waals surface area contributed by atoms with Crippen LogP contribution in [0.2, 0.25) is 0 Å². The van der Waals surface area contributed by atoms with Gasteiger partial charge < -0.3 is 9.84 Å². The number of ether oxygens (including phenoxy) is 1. The number of hydrogen-bond donors (Lipinski definition) is 2. The van der Waals surface area contributed by atoms with Crippen molar-refractivity contribution in [1.29, 1.82) is 0 Å². The molecule has 1 atom stereocenters. The molecule has 1 aliphatic rings. The van der Waals surface area contributed by atoms with Crippen molar-refractivity contribution >= 4 is 0 Å². The normalized spacial score (nSPS) is 19.2. The van der Waals surface area contributed by atoms with Crippen molar-refractivity contribution in [2.24, 2.45) is 5.92 Å². The van der Waals surface area contributed by atoms with Crippen LogP contribution in [0.4, 0.5) is 0 Å². The number of hydroxylamine groups is 1. The van der Waals surface area contributed by atoms with Gasteiger partial charge in [0.05, 0.1) is 18.3 Å². The van der Waals surface area contributed by atoms with E-state index in [1.807, 2.05) is 20.8 Å². The van der Waals surface area contributed by atoms with Crippen LogP contribution in [-0.2, 0) is 9.57 Å². The topological polar surface area (TPSA) is 50.7 Å².